The molecule has 134 valence electrons. The van der Waals surface area contributed by atoms with Crippen LogP contribution in [0.25, 0.3) is 11.4 Å². The molecular weight excluding hydrogens is 312 g/mol. The molecule has 0 unspecified atom stereocenters. The van der Waals surface area contributed by atoms with Crippen LogP contribution in [0.4, 0.5) is 0 Å². The molecule has 1 aromatic carbocycles. The summed E-state index contributed by atoms with van der Waals surface area (Å²) >= 11 is 0. The quantitative estimate of drug-likeness (QED) is 0.880. The molecule has 1 fully saturated rings. The van der Waals surface area contributed by atoms with Gasteiger partial charge in [0.25, 0.3) is 0 Å². The maximum Gasteiger partial charge on any atom is 0.234 e. The van der Waals surface area contributed by atoms with Gasteiger partial charge in [-0.15, -0.1) is 0 Å². The Morgan fingerprint density at radius 1 is 1.12 bits per heavy atom. The van der Waals surface area contributed by atoms with E-state index in [1.807, 2.05) is 24.4 Å². The smallest absolute Gasteiger partial charge is 0.234 e. The molecule has 0 saturated carbocycles. The Kier molecular flexibility index (Phi) is 6.23. The summed E-state index contributed by atoms with van der Waals surface area (Å²) < 4.78 is 2.17. The van der Waals surface area contributed by atoms with Crippen LogP contribution in [0, 0.1) is 6.92 Å². The van der Waals surface area contributed by atoms with Crippen molar-refractivity contribution in [2.45, 2.75) is 39.2 Å². The summed E-state index contributed by atoms with van der Waals surface area (Å²) in [6.07, 6.45) is 6.89. The summed E-state index contributed by atoms with van der Waals surface area (Å²) in [6, 6.07) is 10.2. The van der Waals surface area contributed by atoms with Gasteiger partial charge in [-0.2, -0.15) is 0 Å². The lowest BCUT2D eigenvalue weighted by Crippen LogP contribution is -2.38. The number of likely N-dealkylation sites (tertiary alicyclic amines) is 1. The van der Waals surface area contributed by atoms with E-state index in [4.69, 9.17) is 0 Å². The first kappa shape index (κ1) is 17.7. The number of carbonyl (C=O) groups excluding carboxylic acids is 1. The minimum absolute atomic E-state index is 0.126. The first-order chi connectivity index (χ1) is 12.2. The highest BCUT2D eigenvalue weighted by molar-refractivity contribution is 5.78. The minimum Gasteiger partial charge on any atom is -0.353 e. The fourth-order valence-electron chi connectivity index (χ4n) is 3.42. The lowest BCUT2D eigenvalue weighted by molar-refractivity contribution is -0.122. The standard InChI is InChI=1S/C20H28N4O/c1-17-15-22-20(18-9-5-4-6-10-18)24(17)14-11-21-19(25)16-23-12-7-2-3-8-13-23/h4-6,9-10,15H,2-3,7-8,11-14,16H2,1H3,(H,21,25). The highest BCUT2D eigenvalue weighted by atomic mass is 16.2. The number of nitrogens with zero attached hydrogens (tertiary/aromatic N) is 3. The predicted octanol–water partition coefficient (Wildman–Crippen LogP) is 2.85. The zero-order chi connectivity index (χ0) is 17.5. The van der Waals surface area contributed by atoms with Crippen molar-refractivity contribution >= 4 is 5.91 Å². The van der Waals surface area contributed by atoms with Crippen LogP contribution >= 0.6 is 0 Å². The van der Waals surface area contributed by atoms with Gasteiger partial charge in [0, 0.05) is 30.5 Å². The van der Waals surface area contributed by atoms with E-state index in [0.717, 1.165) is 36.7 Å². The first-order valence-electron chi connectivity index (χ1n) is 9.30. The number of aryl methyl sites for hydroxylation is 1. The number of carbonyl (C=O) groups is 1. The van der Waals surface area contributed by atoms with E-state index in [1.54, 1.807) is 0 Å². The normalized spacial score (nSPS) is 15.7. The Labute approximate surface area is 150 Å². The maximum absolute atomic E-state index is 12.2. The minimum atomic E-state index is 0.126. The molecule has 0 atom stereocenters. The van der Waals surface area contributed by atoms with E-state index in [2.05, 4.69) is 38.8 Å². The van der Waals surface area contributed by atoms with Gasteiger partial charge in [-0.05, 0) is 32.9 Å². The van der Waals surface area contributed by atoms with Gasteiger partial charge in [-0.25, -0.2) is 4.98 Å². The third-order valence-corrected chi connectivity index (χ3v) is 4.81. The third-order valence-electron chi connectivity index (χ3n) is 4.81. The Bertz CT molecular complexity index is 672. The van der Waals surface area contributed by atoms with Gasteiger partial charge in [0.05, 0.1) is 6.54 Å². The molecular formula is C20H28N4O. The number of rotatable bonds is 6. The SMILES string of the molecule is Cc1cnc(-c2ccccc2)n1CCNC(=O)CN1CCCCCC1. The van der Waals surface area contributed by atoms with Crippen LogP contribution in [0.15, 0.2) is 36.5 Å². The molecule has 25 heavy (non-hydrogen) atoms. The Balaban J connectivity index is 1.52. The molecule has 1 aliphatic rings. The van der Waals surface area contributed by atoms with Crippen molar-refractivity contribution in [3.8, 4) is 11.4 Å². The van der Waals surface area contributed by atoms with Gasteiger partial charge < -0.3 is 9.88 Å². The van der Waals surface area contributed by atoms with Crippen molar-refractivity contribution < 1.29 is 4.79 Å². The van der Waals surface area contributed by atoms with Gasteiger partial charge in [0.1, 0.15) is 5.82 Å². The van der Waals surface area contributed by atoms with Crippen LogP contribution in [-0.2, 0) is 11.3 Å². The lowest BCUT2D eigenvalue weighted by atomic mass is 10.2. The average Bonchev–Trinajstić information content (AvgIpc) is 2.82. The van der Waals surface area contributed by atoms with Crippen LogP contribution in [-0.4, -0.2) is 46.5 Å². The highest BCUT2D eigenvalue weighted by Gasteiger charge is 2.13. The Hall–Kier alpha value is -2.14. The molecule has 0 spiro atoms. The fourth-order valence-corrected chi connectivity index (χ4v) is 3.42. The summed E-state index contributed by atoms with van der Waals surface area (Å²) in [7, 11) is 0. The second kappa shape index (κ2) is 8.81. The van der Waals surface area contributed by atoms with Crippen LogP contribution in [0.1, 0.15) is 31.4 Å². The summed E-state index contributed by atoms with van der Waals surface area (Å²) in [5, 5.41) is 3.07. The Morgan fingerprint density at radius 3 is 2.56 bits per heavy atom. The number of amides is 1. The van der Waals surface area contributed by atoms with Crippen LogP contribution in [0.5, 0.6) is 0 Å². The van der Waals surface area contributed by atoms with Crippen LogP contribution in [0.2, 0.25) is 0 Å². The molecule has 2 aromatic rings. The Morgan fingerprint density at radius 2 is 1.84 bits per heavy atom. The lowest BCUT2D eigenvalue weighted by Gasteiger charge is -2.19. The topological polar surface area (TPSA) is 50.2 Å². The van der Waals surface area contributed by atoms with E-state index < -0.39 is 0 Å². The van der Waals surface area contributed by atoms with Crippen molar-refractivity contribution in [3.05, 3.63) is 42.2 Å². The number of benzene rings is 1. The first-order valence-corrected chi connectivity index (χ1v) is 9.30. The fraction of sp³-hybridized carbons (Fsp3) is 0.500. The zero-order valence-corrected chi connectivity index (χ0v) is 15.1. The predicted molar refractivity (Wildman–Crippen MR) is 100 cm³/mol. The van der Waals surface area contributed by atoms with Crippen molar-refractivity contribution in [2.75, 3.05) is 26.2 Å². The van der Waals surface area contributed by atoms with Gasteiger partial charge in [0.15, 0.2) is 0 Å². The average molecular weight is 340 g/mol. The van der Waals surface area contributed by atoms with Gasteiger partial charge in [-0.1, -0.05) is 43.2 Å². The molecule has 0 radical (unpaired) electrons. The van der Waals surface area contributed by atoms with Crippen molar-refractivity contribution in [2.24, 2.45) is 0 Å². The second-order valence-corrected chi connectivity index (χ2v) is 6.78. The second-order valence-electron chi connectivity index (χ2n) is 6.78. The molecule has 3 rings (SSSR count). The van der Waals surface area contributed by atoms with E-state index in [-0.39, 0.29) is 5.91 Å². The molecule has 5 nitrogen and oxygen atoms in total. The monoisotopic (exact) mass is 340 g/mol. The molecule has 1 aromatic heterocycles. The summed E-state index contributed by atoms with van der Waals surface area (Å²) in [5.74, 6) is 1.08. The van der Waals surface area contributed by atoms with Crippen molar-refractivity contribution in [1.82, 2.24) is 19.8 Å². The highest BCUT2D eigenvalue weighted by Crippen LogP contribution is 2.18. The molecule has 2 heterocycles. The molecule has 1 saturated heterocycles. The van der Waals surface area contributed by atoms with E-state index in [0.29, 0.717) is 13.1 Å². The summed E-state index contributed by atoms with van der Waals surface area (Å²) in [4.78, 5) is 19.0. The number of hydrogen-bond acceptors (Lipinski definition) is 3. The van der Waals surface area contributed by atoms with E-state index >= 15 is 0 Å². The molecule has 1 aliphatic heterocycles. The maximum atomic E-state index is 12.2. The summed E-state index contributed by atoms with van der Waals surface area (Å²) in [6.45, 7) is 6.04. The van der Waals surface area contributed by atoms with Gasteiger partial charge in [-0.3, -0.25) is 9.69 Å². The molecule has 0 aliphatic carbocycles. The molecule has 1 N–H and O–H groups in total. The zero-order valence-electron chi connectivity index (χ0n) is 15.1. The van der Waals surface area contributed by atoms with E-state index in [9.17, 15) is 4.79 Å². The van der Waals surface area contributed by atoms with Crippen molar-refractivity contribution in [3.63, 3.8) is 0 Å². The van der Waals surface area contributed by atoms with Crippen LogP contribution in [0.3, 0.4) is 0 Å². The number of nitrogens with one attached hydrogen (secondary N) is 1. The molecule has 1 amide bonds. The van der Waals surface area contributed by atoms with Gasteiger partial charge >= 0.3 is 0 Å². The number of imidazole rings is 1. The third kappa shape index (κ3) is 4.92. The largest absolute Gasteiger partial charge is 0.353 e. The van der Waals surface area contributed by atoms with Crippen LogP contribution < -0.4 is 5.32 Å². The molecule has 5 heteroatoms. The summed E-state index contributed by atoms with van der Waals surface area (Å²) in [5.41, 5.74) is 2.21. The van der Waals surface area contributed by atoms with E-state index in [1.165, 1.54) is 25.7 Å². The number of hydrogen-bond donors (Lipinski definition) is 1. The van der Waals surface area contributed by atoms with Crippen molar-refractivity contribution in [1.29, 1.82) is 0 Å². The molecule has 0 bridgehead atoms. The number of aromatic nitrogens is 2. The van der Waals surface area contributed by atoms with Gasteiger partial charge in [0.2, 0.25) is 5.91 Å².